The van der Waals surface area contributed by atoms with E-state index in [0.29, 0.717) is 29.7 Å². The van der Waals surface area contributed by atoms with Crippen molar-refractivity contribution < 1.29 is 23.4 Å². The fourth-order valence-electron chi connectivity index (χ4n) is 8.20. The highest BCUT2D eigenvalue weighted by Crippen LogP contribution is 2.49. The van der Waals surface area contributed by atoms with Gasteiger partial charge in [-0.1, -0.05) is 126 Å². The second kappa shape index (κ2) is 16.2. The molecule has 4 aromatic carbocycles. The summed E-state index contributed by atoms with van der Waals surface area (Å²) in [6.45, 7) is 14.1. The summed E-state index contributed by atoms with van der Waals surface area (Å²) in [6, 6.07) is 33.7. The van der Waals surface area contributed by atoms with Crippen LogP contribution < -0.4 is 9.47 Å². The Morgan fingerprint density at radius 3 is 1.69 bits per heavy atom. The summed E-state index contributed by atoms with van der Waals surface area (Å²) in [5.74, 6) is 0.968. The Balaban J connectivity index is 1.52. The Morgan fingerprint density at radius 2 is 1.18 bits per heavy atom. The van der Waals surface area contributed by atoms with Crippen LogP contribution in [0.2, 0.25) is 16.6 Å². The largest absolute Gasteiger partial charge is 0.496 e. The molecule has 0 unspecified atom stereocenters. The molecule has 0 radical (unpaired) electrons. The smallest absolute Gasteiger partial charge is 0.312 e. The molecule has 0 aliphatic carbocycles. The zero-order chi connectivity index (χ0) is 35.1. The average molecular weight is 679 g/mol. The Labute approximate surface area is 295 Å². The summed E-state index contributed by atoms with van der Waals surface area (Å²) in [6.07, 6.45) is 1.77. The summed E-state index contributed by atoms with van der Waals surface area (Å²) < 4.78 is 25.4. The van der Waals surface area contributed by atoms with Crippen LogP contribution in [0.3, 0.4) is 0 Å². The zero-order valence-corrected chi connectivity index (χ0v) is 31.6. The first-order chi connectivity index (χ1) is 23.6. The van der Waals surface area contributed by atoms with Crippen LogP contribution in [-0.2, 0) is 33.2 Å². The van der Waals surface area contributed by atoms with Crippen LogP contribution in [0.4, 0.5) is 0 Å². The molecular weight excluding hydrogens is 625 g/mol. The summed E-state index contributed by atoms with van der Waals surface area (Å²) in [4.78, 5) is 13.9. The number of rotatable bonds is 15. The van der Waals surface area contributed by atoms with Gasteiger partial charge in [-0.3, -0.25) is 4.79 Å². The van der Waals surface area contributed by atoms with Gasteiger partial charge >= 0.3 is 5.97 Å². The molecule has 6 heteroatoms. The lowest BCUT2D eigenvalue weighted by Gasteiger charge is -2.46. The maximum Gasteiger partial charge on any atom is 0.312 e. The summed E-state index contributed by atoms with van der Waals surface area (Å²) in [7, 11) is 1.03. The molecule has 1 heterocycles. The lowest BCUT2D eigenvalue weighted by atomic mass is 9.82. The molecule has 0 spiro atoms. The number of hydrogen-bond acceptors (Lipinski definition) is 5. The quantitative estimate of drug-likeness (QED) is 0.0925. The Kier molecular flexibility index (Phi) is 12.1. The van der Waals surface area contributed by atoms with E-state index in [2.05, 4.69) is 126 Å². The van der Waals surface area contributed by atoms with E-state index in [1.807, 2.05) is 12.1 Å². The van der Waals surface area contributed by atoms with Crippen LogP contribution >= 0.6 is 0 Å². The van der Waals surface area contributed by atoms with E-state index in [-0.39, 0.29) is 11.9 Å². The summed E-state index contributed by atoms with van der Waals surface area (Å²) in [5.41, 5.74) is 7.85. The van der Waals surface area contributed by atoms with Gasteiger partial charge in [0, 0.05) is 18.8 Å². The minimum Gasteiger partial charge on any atom is -0.496 e. The number of cyclic esters (lactones) is 1. The van der Waals surface area contributed by atoms with Crippen LogP contribution in [0.15, 0.2) is 97.1 Å². The number of methoxy groups -OCH3 is 2. The van der Waals surface area contributed by atoms with Gasteiger partial charge < -0.3 is 18.6 Å². The van der Waals surface area contributed by atoms with Crippen LogP contribution in [0.1, 0.15) is 81.0 Å². The molecule has 260 valence electrons. The van der Waals surface area contributed by atoms with Gasteiger partial charge in [0.25, 0.3) is 0 Å². The van der Waals surface area contributed by atoms with Crippen molar-refractivity contribution in [2.45, 2.75) is 83.5 Å². The Hall–Kier alpha value is -3.87. The molecule has 1 fully saturated rings. The third-order valence-corrected chi connectivity index (χ3v) is 16.6. The number of esters is 1. The minimum atomic E-state index is -2.42. The van der Waals surface area contributed by atoms with Crippen LogP contribution in [0.5, 0.6) is 11.5 Å². The van der Waals surface area contributed by atoms with Gasteiger partial charge in [0.2, 0.25) is 8.32 Å². The highest BCUT2D eigenvalue weighted by molar-refractivity contribution is 6.77. The molecule has 0 N–H and O–H groups in total. The maximum absolute atomic E-state index is 13.9. The number of hydrogen-bond donors (Lipinski definition) is 0. The molecule has 5 rings (SSSR count). The number of carbonyl (C=O) groups excluding carboxylic acids is 1. The first kappa shape index (κ1) is 36.4. The van der Waals surface area contributed by atoms with E-state index in [4.69, 9.17) is 18.6 Å². The van der Waals surface area contributed by atoms with Gasteiger partial charge in [0.15, 0.2) is 0 Å². The van der Waals surface area contributed by atoms with Crippen molar-refractivity contribution in [3.63, 3.8) is 0 Å². The molecule has 0 amide bonds. The van der Waals surface area contributed by atoms with E-state index >= 15 is 0 Å². The van der Waals surface area contributed by atoms with Gasteiger partial charge in [-0.15, -0.1) is 0 Å². The van der Waals surface area contributed by atoms with Crippen molar-refractivity contribution in [1.29, 1.82) is 0 Å². The first-order valence-electron chi connectivity index (χ1n) is 17.8. The number of carbonyl (C=O) groups is 1. The SMILES string of the molecule is COc1cc(C[C@H]2COC(=O)[C@@H]2[C@H](O[Si](C(C)C)(C(C)C)C(C)C)c2ccc(Cc3ccccc3)c(OC)c2)ccc1Cc1ccccc1. The van der Waals surface area contributed by atoms with Gasteiger partial charge in [-0.05, 0) is 68.6 Å². The molecule has 4 aromatic rings. The van der Waals surface area contributed by atoms with Crippen molar-refractivity contribution in [3.05, 3.63) is 130 Å². The second-order valence-corrected chi connectivity index (χ2v) is 19.9. The molecular formula is C43H54O5Si. The molecule has 5 nitrogen and oxygen atoms in total. The number of ether oxygens (including phenoxy) is 3. The predicted octanol–water partition coefficient (Wildman–Crippen LogP) is 10.2. The van der Waals surface area contributed by atoms with Crippen molar-refractivity contribution in [3.8, 4) is 11.5 Å². The average Bonchev–Trinajstić information content (AvgIpc) is 3.45. The van der Waals surface area contributed by atoms with Gasteiger partial charge in [-0.25, -0.2) is 0 Å². The van der Waals surface area contributed by atoms with E-state index in [1.165, 1.54) is 11.1 Å². The summed E-state index contributed by atoms with van der Waals surface area (Å²) >= 11 is 0. The highest BCUT2D eigenvalue weighted by atomic mass is 28.4. The standard InChI is InChI=1S/C43H54O5Si/c1-29(2)49(30(3)4,31(5)6)48-42(37-22-21-36(40(27-37)46-8)24-33-17-13-10-14-18-33)41-38(28-47-43(41)44)25-34-19-20-35(39(26-34)45-7)23-32-15-11-9-12-16-32/h9-22,26-27,29-31,38,41-42H,23-25,28H2,1-8H3/t38-,41-,42+/m0/s1. The number of benzene rings is 4. The molecule has 49 heavy (non-hydrogen) atoms. The first-order valence-corrected chi connectivity index (χ1v) is 20.0. The van der Waals surface area contributed by atoms with Crippen molar-refractivity contribution in [2.24, 2.45) is 11.8 Å². The molecule has 3 atom stereocenters. The fraction of sp³-hybridized carbons (Fsp3) is 0.419. The van der Waals surface area contributed by atoms with Crippen LogP contribution in [-0.4, -0.2) is 35.1 Å². The molecule has 1 aliphatic rings. The van der Waals surface area contributed by atoms with E-state index in [0.717, 1.165) is 46.6 Å². The van der Waals surface area contributed by atoms with Crippen LogP contribution in [0.25, 0.3) is 0 Å². The van der Waals surface area contributed by atoms with Gasteiger partial charge in [-0.2, -0.15) is 0 Å². The van der Waals surface area contributed by atoms with E-state index in [1.54, 1.807) is 14.2 Å². The maximum atomic E-state index is 13.9. The van der Waals surface area contributed by atoms with E-state index < -0.39 is 20.3 Å². The second-order valence-electron chi connectivity index (χ2n) is 14.5. The molecule has 1 saturated heterocycles. The highest BCUT2D eigenvalue weighted by Gasteiger charge is 2.51. The third-order valence-electron chi connectivity index (χ3n) is 10.5. The van der Waals surface area contributed by atoms with Crippen LogP contribution in [0, 0.1) is 11.8 Å². The zero-order valence-electron chi connectivity index (χ0n) is 30.6. The van der Waals surface area contributed by atoms with E-state index in [9.17, 15) is 4.79 Å². The Morgan fingerprint density at radius 1 is 0.673 bits per heavy atom. The van der Waals surface area contributed by atoms with Gasteiger partial charge in [0.05, 0.1) is 32.8 Å². The molecule has 1 aliphatic heterocycles. The van der Waals surface area contributed by atoms with Crippen molar-refractivity contribution >= 4 is 14.3 Å². The predicted molar refractivity (Wildman–Crippen MR) is 201 cm³/mol. The third kappa shape index (κ3) is 8.13. The summed E-state index contributed by atoms with van der Waals surface area (Å²) in [5, 5.41) is 0. The fourth-order valence-corrected chi connectivity index (χ4v) is 13.7. The van der Waals surface area contributed by atoms with Crippen molar-refractivity contribution in [2.75, 3.05) is 20.8 Å². The minimum absolute atomic E-state index is 0.0599. The Bertz CT molecular complexity index is 1640. The normalized spacial score (nSPS) is 17.1. The molecule has 0 saturated carbocycles. The monoisotopic (exact) mass is 678 g/mol. The van der Waals surface area contributed by atoms with Crippen molar-refractivity contribution in [1.82, 2.24) is 0 Å². The lowest BCUT2D eigenvalue weighted by Crippen LogP contribution is -2.50. The molecule has 0 bridgehead atoms. The lowest BCUT2D eigenvalue weighted by molar-refractivity contribution is -0.144. The topological polar surface area (TPSA) is 54.0 Å². The van der Waals surface area contributed by atoms with Gasteiger partial charge in [0.1, 0.15) is 11.5 Å². The molecule has 0 aromatic heterocycles.